The molecule has 0 amide bonds. The lowest BCUT2D eigenvalue weighted by molar-refractivity contribution is 0.356. The van der Waals surface area contributed by atoms with Gasteiger partial charge in [-0.15, -0.1) is 0 Å². The van der Waals surface area contributed by atoms with E-state index in [1.54, 1.807) is 67.8 Å². The smallest absolute Gasteiger partial charge is 0.251 e. The van der Waals surface area contributed by atoms with E-state index in [4.69, 9.17) is 19.4 Å². The molecule has 0 aliphatic heterocycles. The first-order valence-corrected chi connectivity index (χ1v) is 13.5. The fourth-order valence-corrected chi connectivity index (χ4v) is 4.66. The van der Waals surface area contributed by atoms with Crippen LogP contribution in [0.3, 0.4) is 0 Å². The molecule has 5 aromatic rings. The van der Waals surface area contributed by atoms with Gasteiger partial charge in [-0.3, -0.25) is 0 Å². The number of aromatic nitrogens is 5. The van der Waals surface area contributed by atoms with Crippen LogP contribution in [0.15, 0.2) is 72.0 Å². The van der Waals surface area contributed by atoms with Gasteiger partial charge in [0, 0.05) is 55.3 Å². The Morgan fingerprint density at radius 3 is 2.13 bits per heavy atom. The standard InChI is InChI=1S/C27H26N6O4S/c1-32(2)25-11-8-18(14-28-25)26-21-12-23(36-3)24(37-4)13-22(21)30-27(31-26)33-16-19(15-29-33)17-6-9-20(10-7-17)38(5,34)35/h6-16H,1-5H3. The minimum atomic E-state index is -3.28. The van der Waals surface area contributed by atoms with Crippen molar-refractivity contribution in [1.29, 1.82) is 0 Å². The SMILES string of the molecule is COc1cc2nc(-n3cc(-c4ccc(S(C)(=O)=O)cc4)cn3)nc(-c3ccc(N(C)C)nc3)c2cc1OC. The Morgan fingerprint density at radius 2 is 1.53 bits per heavy atom. The normalized spacial score (nSPS) is 11.5. The molecule has 0 radical (unpaired) electrons. The molecule has 0 fully saturated rings. The molecular formula is C27H26N6O4S. The van der Waals surface area contributed by atoms with Crippen LogP contribution in [0.5, 0.6) is 11.5 Å². The quantitative estimate of drug-likeness (QED) is 0.308. The number of methoxy groups -OCH3 is 2. The lowest BCUT2D eigenvalue weighted by Crippen LogP contribution is -2.10. The maximum atomic E-state index is 11.8. The van der Waals surface area contributed by atoms with Crippen LogP contribution in [0.1, 0.15) is 0 Å². The third-order valence-electron chi connectivity index (χ3n) is 6.07. The zero-order valence-corrected chi connectivity index (χ0v) is 22.4. The highest BCUT2D eigenvalue weighted by Gasteiger charge is 2.17. The van der Waals surface area contributed by atoms with E-state index in [9.17, 15) is 8.42 Å². The number of hydrogen-bond acceptors (Lipinski definition) is 9. The number of anilines is 1. The summed E-state index contributed by atoms with van der Waals surface area (Å²) < 4.78 is 36.2. The molecule has 11 heteroatoms. The second-order valence-corrected chi connectivity index (χ2v) is 10.9. The number of pyridine rings is 1. The lowest BCUT2D eigenvalue weighted by atomic mass is 10.1. The lowest BCUT2D eigenvalue weighted by Gasteiger charge is -2.14. The van der Waals surface area contributed by atoms with Crippen LogP contribution >= 0.6 is 0 Å². The Morgan fingerprint density at radius 1 is 0.842 bits per heavy atom. The number of ether oxygens (including phenoxy) is 2. The maximum absolute atomic E-state index is 11.8. The van der Waals surface area contributed by atoms with E-state index in [-0.39, 0.29) is 4.90 Å². The van der Waals surface area contributed by atoms with Gasteiger partial charge >= 0.3 is 0 Å². The van der Waals surface area contributed by atoms with Gasteiger partial charge in [0.1, 0.15) is 5.82 Å². The molecule has 0 saturated carbocycles. The van der Waals surface area contributed by atoms with E-state index in [2.05, 4.69) is 10.1 Å². The van der Waals surface area contributed by atoms with Gasteiger partial charge in [0.15, 0.2) is 21.3 Å². The summed E-state index contributed by atoms with van der Waals surface area (Å²) in [6.45, 7) is 0. The third kappa shape index (κ3) is 4.75. The van der Waals surface area contributed by atoms with E-state index in [1.165, 1.54) is 6.26 Å². The zero-order chi connectivity index (χ0) is 27.0. The molecular weight excluding hydrogens is 504 g/mol. The van der Waals surface area contributed by atoms with Gasteiger partial charge in [-0.2, -0.15) is 5.10 Å². The second kappa shape index (κ2) is 9.75. The van der Waals surface area contributed by atoms with Crippen LogP contribution in [-0.2, 0) is 9.84 Å². The number of sulfone groups is 1. The molecule has 0 aliphatic rings. The van der Waals surface area contributed by atoms with Gasteiger partial charge in [0.05, 0.1) is 36.5 Å². The second-order valence-electron chi connectivity index (χ2n) is 8.87. The summed E-state index contributed by atoms with van der Waals surface area (Å²) in [7, 11) is 3.74. The van der Waals surface area contributed by atoms with Crippen LogP contribution < -0.4 is 14.4 Å². The zero-order valence-electron chi connectivity index (χ0n) is 21.6. The van der Waals surface area contributed by atoms with Crippen molar-refractivity contribution in [3.8, 4) is 39.8 Å². The summed E-state index contributed by atoms with van der Waals surface area (Å²) in [6, 6.07) is 14.2. The van der Waals surface area contributed by atoms with Crippen LogP contribution in [-0.4, -0.2) is 67.7 Å². The summed E-state index contributed by atoms with van der Waals surface area (Å²) in [5.41, 5.74) is 3.73. The number of hydrogen-bond donors (Lipinski definition) is 0. The Hall–Kier alpha value is -4.51. The summed E-state index contributed by atoms with van der Waals surface area (Å²) in [4.78, 5) is 16.4. The summed E-state index contributed by atoms with van der Waals surface area (Å²) in [6.07, 6.45) is 6.44. The predicted molar refractivity (Wildman–Crippen MR) is 146 cm³/mol. The molecule has 0 aliphatic carbocycles. The first-order valence-electron chi connectivity index (χ1n) is 11.6. The first kappa shape index (κ1) is 25.2. The van der Waals surface area contributed by atoms with Crippen LogP contribution in [0.25, 0.3) is 39.2 Å². The van der Waals surface area contributed by atoms with Gasteiger partial charge in [-0.05, 0) is 35.9 Å². The van der Waals surface area contributed by atoms with Crippen molar-refractivity contribution < 1.29 is 17.9 Å². The number of fused-ring (bicyclic) bond motifs is 1. The van der Waals surface area contributed by atoms with Crippen molar-refractivity contribution in [2.75, 3.05) is 39.5 Å². The van der Waals surface area contributed by atoms with Gasteiger partial charge < -0.3 is 14.4 Å². The molecule has 0 unspecified atom stereocenters. The number of rotatable bonds is 7. The molecule has 10 nitrogen and oxygen atoms in total. The Bertz CT molecular complexity index is 1730. The first-order chi connectivity index (χ1) is 18.2. The van der Waals surface area contributed by atoms with Gasteiger partial charge in [-0.25, -0.2) is 28.1 Å². The largest absolute Gasteiger partial charge is 0.493 e. The Balaban J connectivity index is 1.64. The summed E-state index contributed by atoms with van der Waals surface area (Å²) in [5.74, 6) is 2.29. The van der Waals surface area contributed by atoms with Gasteiger partial charge in [0.2, 0.25) is 0 Å². The summed E-state index contributed by atoms with van der Waals surface area (Å²) in [5, 5.41) is 5.26. The molecule has 3 heterocycles. The Kier molecular flexibility index (Phi) is 6.45. The van der Waals surface area contributed by atoms with E-state index >= 15 is 0 Å². The summed E-state index contributed by atoms with van der Waals surface area (Å²) >= 11 is 0. The van der Waals surface area contributed by atoms with Crippen molar-refractivity contribution in [3.05, 3.63) is 67.1 Å². The van der Waals surface area contributed by atoms with Crippen LogP contribution in [0.4, 0.5) is 5.82 Å². The highest BCUT2D eigenvalue weighted by atomic mass is 32.2. The monoisotopic (exact) mass is 530 g/mol. The highest BCUT2D eigenvalue weighted by Crippen LogP contribution is 2.36. The van der Waals surface area contributed by atoms with E-state index in [1.807, 2.05) is 37.2 Å². The topological polar surface area (TPSA) is 112 Å². The molecule has 0 atom stereocenters. The maximum Gasteiger partial charge on any atom is 0.251 e. The number of nitrogens with zero attached hydrogens (tertiary/aromatic N) is 6. The molecule has 38 heavy (non-hydrogen) atoms. The molecule has 3 aromatic heterocycles. The van der Waals surface area contributed by atoms with Crippen molar-refractivity contribution in [1.82, 2.24) is 24.7 Å². The fraction of sp³-hybridized carbons (Fsp3) is 0.185. The van der Waals surface area contributed by atoms with E-state index in [0.29, 0.717) is 28.7 Å². The van der Waals surface area contributed by atoms with Crippen molar-refractivity contribution >= 4 is 26.6 Å². The molecule has 0 bridgehead atoms. The van der Waals surface area contributed by atoms with Crippen molar-refractivity contribution in [2.24, 2.45) is 0 Å². The molecule has 0 N–H and O–H groups in total. The highest BCUT2D eigenvalue weighted by molar-refractivity contribution is 7.90. The molecule has 194 valence electrons. The minimum Gasteiger partial charge on any atom is -0.493 e. The fourth-order valence-electron chi connectivity index (χ4n) is 4.03. The van der Waals surface area contributed by atoms with E-state index < -0.39 is 9.84 Å². The van der Waals surface area contributed by atoms with Crippen LogP contribution in [0, 0.1) is 0 Å². The molecule has 0 spiro atoms. The molecule has 2 aromatic carbocycles. The van der Waals surface area contributed by atoms with E-state index in [0.717, 1.165) is 27.9 Å². The molecule has 0 saturated heterocycles. The molecule has 5 rings (SSSR count). The van der Waals surface area contributed by atoms with Crippen molar-refractivity contribution in [2.45, 2.75) is 4.90 Å². The van der Waals surface area contributed by atoms with Crippen molar-refractivity contribution in [3.63, 3.8) is 0 Å². The minimum absolute atomic E-state index is 0.259. The van der Waals surface area contributed by atoms with Crippen LogP contribution in [0.2, 0.25) is 0 Å². The third-order valence-corrected chi connectivity index (χ3v) is 7.20. The average Bonchev–Trinajstić information content (AvgIpc) is 3.42. The average molecular weight is 531 g/mol. The van der Waals surface area contributed by atoms with Gasteiger partial charge in [-0.1, -0.05) is 12.1 Å². The predicted octanol–water partition coefficient (Wildman–Crippen LogP) is 4.03. The number of benzene rings is 2. The Labute approximate surface area is 220 Å². The van der Waals surface area contributed by atoms with Gasteiger partial charge in [0.25, 0.3) is 5.95 Å².